The molecule has 21 heavy (non-hydrogen) atoms. The highest BCUT2D eigenvalue weighted by atomic mass is 35.5. The number of aliphatic carboxylic acids is 1. The Morgan fingerprint density at radius 3 is 2.67 bits per heavy atom. The standard InChI is InChI=1S/C13H14Cl2N2O4/c14-9-2-1-3-10(15)12(9)16-13(20)17-4-5-21-7-8(17)6-11(18)19/h1-3,8H,4-7H2,(H,16,20)(H,18,19). The molecule has 8 heteroatoms. The van der Waals surface area contributed by atoms with E-state index in [4.69, 9.17) is 33.0 Å². The van der Waals surface area contributed by atoms with Crippen molar-refractivity contribution in [1.29, 1.82) is 0 Å². The normalized spacial score (nSPS) is 18.4. The summed E-state index contributed by atoms with van der Waals surface area (Å²) in [5.41, 5.74) is 0.311. The molecule has 0 aromatic heterocycles. The van der Waals surface area contributed by atoms with Crippen molar-refractivity contribution < 1.29 is 19.4 Å². The summed E-state index contributed by atoms with van der Waals surface area (Å²) in [6, 6.07) is 3.92. The van der Waals surface area contributed by atoms with Crippen molar-refractivity contribution in [3.63, 3.8) is 0 Å². The number of halogens is 2. The van der Waals surface area contributed by atoms with Gasteiger partial charge in [0.1, 0.15) is 0 Å². The van der Waals surface area contributed by atoms with Gasteiger partial charge < -0.3 is 20.1 Å². The number of carboxylic acid groups (broad SMARTS) is 1. The zero-order chi connectivity index (χ0) is 15.4. The minimum Gasteiger partial charge on any atom is -0.481 e. The molecule has 1 heterocycles. The van der Waals surface area contributed by atoms with E-state index in [1.165, 1.54) is 4.90 Å². The van der Waals surface area contributed by atoms with Crippen LogP contribution in [0.1, 0.15) is 6.42 Å². The predicted molar refractivity (Wildman–Crippen MR) is 79.0 cm³/mol. The van der Waals surface area contributed by atoms with Crippen molar-refractivity contribution in [3.8, 4) is 0 Å². The lowest BCUT2D eigenvalue weighted by Crippen LogP contribution is -2.51. The summed E-state index contributed by atoms with van der Waals surface area (Å²) in [6.45, 7) is 0.863. The third kappa shape index (κ3) is 4.00. The molecule has 1 fully saturated rings. The molecule has 0 bridgehead atoms. The van der Waals surface area contributed by atoms with E-state index < -0.39 is 18.0 Å². The van der Waals surface area contributed by atoms with Crippen molar-refractivity contribution in [1.82, 2.24) is 4.90 Å². The first-order valence-corrected chi connectivity index (χ1v) is 7.06. The second-order valence-corrected chi connectivity index (χ2v) is 5.36. The fourth-order valence-electron chi connectivity index (χ4n) is 2.09. The average Bonchev–Trinajstić information content (AvgIpc) is 2.43. The smallest absolute Gasteiger partial charge is 0.322 e. The monoisotopic (exact) mass is 332 g/mol. The van der Waals surface area contributed by atoms with Gasteiger partial charge in [-0.25, -0.2) is 4.79 Å². The minimum absolute atomic E-state index is 0.177. The summed E-state index contributed by atoms with van der Waals surface area (Å²) in [4.78, 5) is 24.6. The molecule has 1 unspecified atom stereocenters. The van der Waals surface area contributed by atoms with E-state index in [9.17, 15) is 9.59 Å². The molecule has 0 saturated carbocycles. The van der Waals surface area contributed by atoms with Gasteiger partial charge in [0.25, 0.3) is 0 Å². The van der Waals surface area contributed by atoms with Gasteiger partial charge in [0.05, 0.1) is 41.4 Å². The van der Waals surface area contributed by atoms with Gasteiger partial charge in [-0.15, -0.1) is 0 Å². The number of para-hydroxylation sites is 1. The van der Waals surface area contributed by atoms with Crippen molar-refractivity contribution in [2.24, 2.45) is 0 Å². The number of benzene rings is 1. The van der Waals surface area contributed by atoms with E-state index in [0.717, 1.165) is 0 Å². The van der Waals surface area contributed by atoms with Crippen LogP contribution >= 0.6 is 23.2 Å². The van der Waals surface area contributed by atoms with E-state index in [2.05, 4.69) is 5.32 Å². The Morgan fingerprint density at radius 1 is 1.38 bits per heavy atom. The van der Waals surface area contributed by atoms with Crippen LogP contribution in [0.25, 0.3) is 0 Å². The van der Waals surface area contributed by atoms with Crippen molar-refractivity contribution in [2.75, 3.05) is 25.1 Å². The summed E-state index contributed by atoms with van der Waals surface area (Å²) < 4.78 is 5.22. The van der Waals surface area contributed by atoms with E-state index >= 15 is 0 Å². The topological polar surface area (TPSA) is 78.9 Å². The van der Waals surface area contributed by atoms with E-state index in [1.807, 2.05) is 0 Å². The van der Waals surface area contributed by atoms with Crippen LogP contribution in [-0.2, 0) is 9.53 Å². The van der Waals surface area contributed by atoms with Gasteiger partial charge in [0, 0.05) is 6.54 Å². The lowest BCUT2D eigenvalue weighted by Gasteiger charge is -2.34. The number of hydrogen-bond acceptors (Lipinski definition) is 3. The largest absolute Gasteiger partial charge is 0.481 e. The molecular formula is C13H14Cl2N2O4. The Kier molecular flexibility index (Phi) is 5.27. The molecule has 114 valence electrons. The Morgan fingerprint density at radius 2 is 2.05 bits per heavy atom. The molecule has 2 N–H and O–H groups in total. The molecule has 1 aliphatic rings. The van der Waals surface area contributed by atoms with Crippen molar-refractivity contribution in [2.45, 2.75) is 12.5 Å². The van der Waals surface area contributed by atoms with Gasteiger partial charge in [-0.2, -0.15) is 0 Å². The van der Waals surface area contributed by atoms with E-state index in [0.29, 0.717) is 28.9 Å². The highest BCUT2D eigenvalue weighted by Gasteiger charge is 2.29. The molecule has 2 amide bonds. The number of nitrogens with zero attached hydrogens (tertiary/aromatic N) is 1. The summed E-state index contributed by atoms with van der Waals surface area (Å²) in [5.74, 6) is -0.987. The third-order valence-electron chi connectivity index (χ3n) is 3.09. The molecule has 1 aliphatic heterocycles. The van der Waals surface area contributed by atoms with Gasteiger partial charge in [-0.1, -0.05) is 29.3 Å². The van der Waals surface area contributed by atoms with Crippen molar-refractivity contribution in [3.05, 3.63) is 28.2 Å². The fraction of sp³-hybridized carbons (Fsp3) is 0.385. The number of urea groups is 1. The molecule has 0 aliphatic carbocycles. The van der Waals surface area contributed by atoms with E-state index in [1.54, 1.807) is 18.2 Å². The first kappa shape index (κ1) is 15.9. The lowest BCUT2D eigenvalue weighted by atomic mass is 10.1. The third-order valence-corrected chi connectivity index (χ3v) is 3.72. The second-order valence-electron chi connectivity index (χ2n) is 4.55. The van der Waals surface area contributed by atoms with Crippen LogP contribution in [0.3, 0.4) is 0 Å². The maximum absolute atomic E-state index is 12.3. The van der Waals surface area contributed by atoms with Crippen LogP contribution in [0.2, 0.25) is 10.0 Å². The molecule has 1 saturated heterocycles. The maximum atomic E-state index is 12.3. The van der Waals surface area contributed by atoms with Crippen LogP contribution in [0.5, 0.6) is 0 Å². The molecule has 1 aromatic rings. The van der Waals surface area contributed by atoms with Gasteiger partial charge in [0.15, 0.2) is 0 Å². The zero-order valence-electron chi connectivity index (χ0n) is 11.0. The number of ether oxygens (including phenoxy) is 1. The van der Waals surface area contributed by atoms with Crippen molar-refractivity contribution >= 4 is 40.9 Å². The first-order chi connectivity index (χ1) is 9.99. The van der Waals surface area contributed by atoms with E-state index in [-0.39, 0.29) is 13.0 Å². The zero-order valence-corrected chi connectivity index (χ0v) is 12.5. The Labute approximate surface area is 131 Å². The van der Waals surface area contributed by atoms with Gasteiger partial charge >= 0.3 is 12.0 Å². The van der Waals surface area contributed by atoms with Crippen LogP contribution in [0.4, 0.5) is 10.5 Å². The predicted octanol–water partition coefficient (Wildman–Crippen LogP) is 2.70. The molecule has 2 rings (SSSR count). The quantitative estimate of drug-likeness (QED) is 0.891. The molecule has 0 spiro atoms. The molecule has 1 aromatic carbocycles. The number of rotatable bonds is 3. The second kappa shape index (κ2) is 6.98. The Hall–Kier alpha value is -1.50. The highest BCUT2D eigenvalue weighted by molar-refractivity contribution is 6.39. The summed E-state index contributed by atoms with van der Waals surface area (Å²) in [5, 5.41) is 12.1. The number of carbonyl (C=O) groups excluding carboxylic acids is 1. The summed E-state index contributed by atoms with van der Waals surface area (Å²) in [6.07, 6.45) is -0.177. The van der Waals surface area contributed by atoms with Crippen LogP contribution in [0.15, 0.2) is 18.2 Å². The molecule has 0 radical (unpaired) electrons. The van der Waals surface area contributed by atoms with Gasteiger partial charge in [-0.05, 0) is 12.1 Å². The average molecular weight is 333 g/mol. The number of hydrogen-bond donors (Lipinski definition) is 2. The van der Waals surface area contributed by atoms with Gasteiger partial charge in [0.2, 0.25) is 0 Å². The van der Waals surface area contributed by atoms with Crippen LogP contribution < -0.4 is 5.32 Å². The van der Waals surface area contributed by atoms with Crippen LogP contribution in [-0.4, -0.2) is 47.8 Å². The maximum Gasteiger partial charge on any atom is 0.322 e. The Bertz CT molecular complexity index is 533. The number of amides is 2. The molecule has 1 atom stereocenters. The lowest BCUT2D eigenvalue weighted by molar-refractivity contribution is -0.139. The minimum atomic E-state index is -0.987. The highest BCUT2D eigenvalue weighted by Crippen LogP contribution is 2.30. The number of carboxylic acids is 1. The molecular weight excluding hydrogens is 319 g/mol. The number of anilines is 1. The number of morpholine rings is 1. The molecule has 6 nitrogen and oxygen atoms in total. The summed E-state index contributed by atoms with van der Waals surface area (Å²) >= 11 is 12.0. The fourth-order valence-corrected chi connectivity index (χ4v) is 2.58. The first-order valence-electron chi connectivity index (χ1n) is 6.30. The SMILES string of the molecule is O=C(O)CC1COCCN1C(=O)Nc1c(Cl)cccc1Cl. The van der Waals surface area contributed by atoms with Gasteiger partial charge in [-0.3, -0.25) is 4.79 Å². The number of nitrogens with one attached hydrogen (secondary N) is 1. The Balaban J connectivity index is 2.12. The number of carbonyl (C=O) groups is 2. The summed E-state index contributed by atoms with van der Waals surface area (Å²) in [7, 11) is 0. The van der Waals surface area contributed by atoms with Crippen LogP contribution in [0, 0.1) is 0 Å².